The summed E-state index contributed by atoms with van der Waals surface area (Å²) >= 11 is 2.05. The number of hydrogen-bond acceptors (Lipinski definition) is 7. The minimum Gasteiger partial charge on any atom is -0.493 e. The molecule has 204 valence electrons. The van der Waals surface area contributed by atoms with Gasteiger partial charge in [-0.15, -0.1) is 0 Å². The quantitative estimate of drug-likeness (QED) is 0.123. The predicted octanol–water partition coefficient (Wildman–Crippen LogP) is 4.37. The summed E-state index contributed by atoms with van der Waals surface area (Å²) < 4.78 is 17.2. The molecule has 3 amide bonds. The molecular formula is C28H29IN4O6. The number of amides is 3. The van der Waals surface area contributed by atoms with Crippen LogP contribution >= 0.6 is 22.6 Å². The van der Waals surface area contributed by atoms with Gasteiger partial charge >= 0.3 is 11.8 Å². The molecule has 39 heavy (non-hydrogen) atoms. The Kier molecular flexibility index (Phi) is 11.1. The molecule has 10 nitrogen and oxygen atoms in total. The predicted molar refractivity (Wildman–Crippen MR) is 158 cm³/mol. The zero-order chi connectivity index (χ0) is 28.2. The lowest BCUT2D eigenvalue weighted by Crippen LogP contribution is -2.32. The summed E-state index contributed by atoms with van der Waals surface area (Å²) in [6.45, 7) is 4.08. The lowest BCUT2D eigenvalue weighted by Gasteiger charge is -2.13. The van der Waals surface area contributed by atoms with Crippen LogP contribution in [-0.4, -0.2) is 44.3 Å². The van der Waals surface area contributed by atoms with Gasteiger partial charge in [0.1, 0.15) is 5.75 Å². The van der Waals surface area contributed by atoms with Gasteiger partial charge in [0, 0.05) is 5.69 Å². The van der Waals surface area contributed by atoms with Gasteiger partial charge < -0.3 is 24.8 Å². The summed E-state index contributed by atoms with van der Waals surface area (Å²) in [5.74, 6) is -0.934. The van der Waals surface area contributed by atoms with E-state index in [1.807, 2.05) is 53.8 Å². The van der Waals surface area contributed by atoms with Gasteiger partial charge in [-0.1, -0.05) is 31.2 Å². The van der Waals surface area contributed by atoms with Gasteiger partial charge in [0.25, 0.3) is 5.91 Å². The zero-order valence-corrected chi connectivity index (χ0v) is 23.9. The summed E-state index contributed by atoms with van der Waals surface area (Å²) in [4.78, 5) is 36.8. The number of methoxy groups -OCH3 is 1. The molecule has 3 rings (SSSR count). The van der Waals surface area contributed by atoms with E-state index in [0.717, 1.165) is 6.42 Å². The molecule has 0 aliphatic carbocycles. The number of nitrogens with one attached hydrogen (secondary N) is 3. The van der Waals surface area contributed by atoms with E-state index in [1.54, 1.807) is 36.4 Å². The molecule has 0 saturated heterocycles. The number of para-hydroxylation sites is 2. The second kappa shape index (κ2) is 14.7. The fraction of sp³-hybridized carbons (Fsp3) is 0.214. The van der Waals surface area contributed by atoms with Crippen molar-refractivity contribution in [3.63, 3.8) is 0 Å². The van der Waals surface area contributed by atoms with E-state index in [2.05, 4.69) is 28.1 Å². The number of nitrogens with zero attached hydrogens (tertiary/aromatic N) is 1. The second-order valence-corrected chi connectivity index (χ2v) is 9.17. The van der Waals surface area contributed by atoms with Crippen molar-refractivity contribution < 1.29 is 28.6 Å². The van der Waals surface area contributed by atoms with Crippen LogP contribution in [0.3, 0.4) is 0 Å². The molecular weight excluding hydrogens is 615 g/mol. The normalized spacial score (nSPS) is 10.6. The molecule has 0 aromatic heterocycles. The number of benzene rings is 3. The van der Waals surface area contributed by atoms with Crippen molar-refractivity contribution in [3.8, 4) is 17.2 Å². The van der Waals surface area contributed by atoms with Crippen LogP contribution in [0.5, 0.6) is 17.2 Å². The van der Waals surface area contributed by atoms with Crippen LogP contribution in [0.25, 0.3) is 0 Å². The SMILES string of the molecule is CCOc1ccccc1NC(=O)C(=O)N/N=C\c1cc(I)c(OCC(=O)Nc2ccc(CC)cc2)c(OC)c1. The van der Waals surface area contributed by atoms with Gasteiger partial charge in [-0.25, -0.2) is 5.43 Å². The Morgan fingerprint density at radius 1 is 0.923 bits per heavy atom. The maximum Gasteiger partial charge on any atom is 0.329 e. The fourth-order valence-corrected chi connectivity index (χ4v) is 4.14. The molecule has 0 fully saturated rings. The summed E-state index contributed by atoms with van der Waals surface area (Å²) in [5.41, 5.74) is 5.01. The first-order valence-electron chi connectivity index (χ1n) is 12.1. The summed E-state index contributed by atoms with van der Waals surface area (Å²) in [5, 5.41) is 9.16. The van der Waals surface area contributed by atoms with Gasteiger partial charge in [0.15, 0.2) is 18.1 Å². The van der Waals surface area contributed by atoms with Crippen molar-refractivity contribution >= 4 is 57.9 Å². The second-order valence-electron chi connectivity index (χ2n) is 8.00. The third-order valence-corrected chi connectivity index (χ3v) is 6.07. The van der Waals surface area contributed by atoms with E-state index in [1.165, 1.54) is 18.9 Å². The maximum atomic E-state index is 12.4. The van der Waals surface area contributed by atoms with Crippen molar-refractivity contribution in [1.82, 2.24) is 5.43 Å². The average Bonchev–Trinajstić information content (AvgIpc) is 2.93. The lowest BCUT2D eigenvalue weighted by atomic mass is 10.1. The summed E-state index contributed by atoms with van der Waals surface area (Å²) in [6, 6.07) is 17.8. The Balaban J connectivity index is 1.57. The van der Waals surface area contributed by atoms with E-state index >= 15 is 0 Å². The van der Waals surface area contributed by atoms with E-state index in [4.69, 9.17) is 14.2 Å². The van der Waals surface area contributed by atoms with E-state index in [9.17, 15) is 14.4 Å². The van der Waals surface area contributed by atoms with Crippen LogP contribution in [0, 0.1) is 3.57 Å². The third-order valence-electron chi connectivity index (χ3n) is 5.27. The largest absolute Gasteiger partial charge is 0.493 e. The highest BCUT2D eigenvalue weighted by Crippen LogP contribution is 2.33. The van der Waals surface area contributed by atoms with Crippen molar-refractivity contribution in [2.24, 2.45) is 5.10 Å². The topological polar surface area (TPSA) is 127 Å². The highest BCUT2D eigenvalue weighted by Gasteiger charge is 2.16. The highest BCUT2D eigenvalue weighted by atomic mass is 127. The first-order chi connectivity index (χ1) is 18.8. The molecule has 0 saturated carbocycles. The number of aryl methyl sites for hydroxylation is 1. The minimum atomic E-state index is -0.950. The number of hydrogen-bond donors (Lipinski definition) is 3. The van der Waals surface area contributed by atoms with Gasteiger partial charge in [-0.3, -0.25) is 14.4 Å². The molecule has 3 N–H and O–H groups in total. The number of carbonyl (C=O) groups excluding carboxylic acids is 3. The highest BCUT2D eigenvalue weighted by molar-refractivity contribution is 14.1. The fourth-order valence-electron chi connectivity index (χ4n) is 3.36. The van der Waals surface area contributed by atoms with Gasteiger partial charge in [-0.2, -0.15) is 5.10 Å². The van der Waals surface area contributed by atoms with Crippen LogP contribution < -0.4 is 30.3 Å². The van der Waals surface area contributed by atoms with Crippen molar-refractivity contribution in [2.45, 2.75) is 20.3 Å². The van der Waals surface area contributed by atoms with E-state index in [0.29, 0.717) is 44.4 Å². The van der Waals surface area contributed by atoms with Crippen LogP contribution in [0.1, 0.15) is 25.0 Å². The van der Waals surface area contributed by atoms with Gasteiger partial charge in [0.05, 0.1) is 29.2 Å². The Morgan fingerprint density at radius 2 is 1.67 bits per heavy atom. The van der Waals surface area contributed by atoms with Crippen molar-refractivity contribution in [3.05, 3.63) is 75.4 Å². The third kappa shape index (κ3) is 8.70. The average molecular weight is 644 g/mol. The van der Waals surface area contributed by atoms with Crippen molar-refractivity contribution in [2.75, 3.05) is 31.0 Å². The first kappa shape index (κ1) is 29.4. The molecule has 0 atom stereocenters. The van der Waals surface area contributed by atoms with E-state index < -0.39 is 11.8 Å². The zero-order valence-electron chi connectivity index (χ0n) is 21.7. The Hall–Kier alpha value is -4.13. The molecule has 0 radical (unpaired) electrons. The van der Waals surface area contributed by atoms with Gasteiger partial charge in [0.2, 0.25) is 0 Å². The number of ether oxygens (including phenoxy) is 3. The monoisotopic (exact) mass is 644 g/mol. The number of anilines is 2. The number of halogens is 1. The molecule has 0 bridgehead atoms. The van der Waals surface area contributed by atoms with Crippen LogP contribution in [0.15, 0.2) is 65.8 Å². The standard InChI is InChI=1S/C28H29IN4O6/c1-4-18-10-12-20(13-11-18)31-25(34)17-39-26-21(29)14-19(15-24(26)37-3)16-30-33-28(36)27(35)32-22-8-6-7-9-23(22)38-5-2/h6-16H,4-5,17H2,1-3H3,(H,31,34)(H,32,35)(H,33,36)/b30-16-. The molecule has 3 aromatic rings. The molecule has 0 heterocycles. The lowest BCUT2D eigenvalue weighted by molar-refractivity contribution is -0.136. The Bertz CT molecular complexity index is 1340. The van der Waals surface area contributed by atoms with Crippen LogP contribution in [0.4, 0.5) is 11.4 Å². The summed E-state index contributed by atoms with van der Waals surface area (Å²) in [7, 11) is 1.47. The van der Waals surface area contributed by atoms with Crippen molar-refractivity contribution in [1.29, 1.82) is 0 Å². The smallest absolute Gasteiger partial charge is 0.329 e. The molecule has 0 unspecified atom stereocenters. The van der Waals surface area contributed by atoms with E-state index in [-0.39, 0.29) is 12.5 Å². The van der Waals surface area contributed by atoms with Gasteiger partial charge in [-0.05, 0) is 83.5 Å². The molecule has 0 aliphatic rings. The Labute approximate surface area is 240 Å². The summed E-state index contributed by atoms with van der Waals surface area (Å²) in [6.07, 6.45) is 2.28. The number of hydrazone groups is 1. The number of carbonyl (C=O) groups is 3. The molecule has 3 aromatic carbocycles. The Morgan fingerprint density at radius 3 is 2.36 bits per heavy atom. The maximum absolute atomic E-state index is 12.4. The molecule has 0 aliphatic heterocycles. The van der Waals surface area contributed by atoms with Crippen LogP contribution in [-0.2, 0) is 20.8 Å². The molecule has 0 spiro atoms. The number of rotatable bonds is 11. The minimum absolute atomic E-state index is 0.215. The first-order valence-corrected chi connectivity index (χ1v) is 13.2. The molecule has 11 heteroatoms. The van der Waals surface area contributed by atoms with Crippen LogP contribution in [0.2, 0.25) is 0 Å².